The first-order valence-corrected chi connectivity index (χ1v) is 6.98. The second kappa shape index (κ2) is 4.18. The maximum atomic E-state index is 11.2. The third kappa shape index (κ3) is 2.83. The van der Waals surface area contributed by atoms with E-state index in [1.165, 1.54) is 18.9 Å². The van der Waals surface area contributed by atoms with E-state index in [0.717, 1.165) is 29.9 Å². The third-order valence-corrected chi connectivity index (χ3v) is 3.97. The molecule has 1 aliphatic rings. The number of rotatable bonds is 4. The summed E-state index contributed by atoms with van der Waals surface area (Å²) in [5.41, 5.74) is 1.77. The van der Waals surface area contributed by atoms with Crippen molar-refractivity contribution in [2.75, 3.05) is 0 Å². The van der Waals surface area contributed by atoms with E-state index in [1.807, 2.05) is 13.0 Å². The summed E-state index contributed by atoms with van der Waals surface area (Å²) >= 11 is 0. The molecule has 1 fully saturated rings. The summed E-state index contributed by atoms with van der Waals surface area (Å²) in [6, 6.07) is 5.06. The Morgan fingerprint density at radius 3 is 2.62 bits per heavy atom. The number of hydrogen-bond acceptors (Lipinski definition) is 2. The van der Waals surface area contributed by atoms with Gasteiger partial charge in [0.25, 0.3) is 10.1 Å². The molecule has 16 heavy (non-hydrogen) atoms. The van der Waals surface area contributed by atoms with Crippen LogP contribution in [0.3, 0.4) is 0 Å². The molecule has 0 bridgehead atoms. The molecule has 0 unspecified atom stereocenters. The molecule has 0 spiro atoms. The summed E-state index contributed by atoms with van der Waals surface area (Å²) in [7, 11) is -4.08. The quantitative estimate of drug-likeness (QED) is 0.823. The molecule has 1 aromatic carbocycles. The van der Waals surface area contributed by atoms with Gasteiger partial charge in [-0.3, -0.25) is 4.55 Å². The molecule has 3 nitrogen and oxygen atoms in total. The average molecular weight is 240 g/mol. The topological polar surface area (TPSA) is 54.4 Å². The lowest BCUT2D eigenvalue weighted by Crippen LogP contribution is -2.04. The molecule has 0 aromatic heterocycles. The summed E-state index contributed by atoms with van der Waals surface area (Å²) in [5.74, 6) is 0.759. The van der Waals surface area contributed by atoms with Crippen molar-refractivity contribution in [1.29, 1.82) is 0 Å². The van der Waals surface area contributed by atoms with E-state index in [9.17, 15) is 8.42 Å². The van der Waals surface area contributed by atoms with Gasteiger partial charge in [-0.15, -0.1) is 0 Å². The minimum Gasteiger partial charge on any atom is -0.282 e. The maximum Gasteiger partial charge on any atom is 0.294 e. The second-order valence-corrected chi connectivity index (χ2v) is 5.96. The van der Waals surface area contributed by atoms with Crippen LogP contribution < -0.4 is 0 Å². The van der Waals surface area contributed by atoms with E-state index in [0.29, 0.717) is 0 Å². The van der Waals surface area contributed by atoms with Crippen LogP contribution in [0.25, 0.3) is 0 Å². The molecule has 1 aliphatic carbocycles. The zero-order valence-electron chi connectivity index (χ0n) is 9.31. The Balaban J connectivity index is 2.27. The van der Waals surface area contributed by atoms with Crippen molar-refractivity contribution in [1.82, 2.24) is 0 Å². The van der Waals surface area contributed by atoms with Gasteiger partial charge < -0.3 is 0 Å². The Hall–Kier alpha value is -0.870. The standard InChI is InChI=1S/C12H16O3S/c1-9-2-7-12(16(13,14)15)11(8-9)6-5-10-3-4-10/h2,7-8,10H,3-6H2,1H3,(H,13,14,15). The van der Waals surface area contributed by atoms with Crippen LogP contribution in [0.2, 0.25) is 0 Å². The normalized spacial score (nSPS) is 16.4. The molecule has 0 aliphatic heterocycles. The molecular weight excluding hydrogens is 224 g/mol. The molecule has 1 N–H and O–H groups in total. The van der Waals surface area contributed by atoms with Crippen LogP contribution in [0, 0.1) is 12.8 Å². The van der Waals surface area contributed by atoms with Gasteiger partial charge in [-0.05, 0) is 37.3 Å². The molecule has 0 saturated heterocycles. The van der Waals surface area contributed by atoms with Gasteiger partial charge in [-0.1, -0.05) is 30.5 Å². The van der Waals surface area contributed by atoms with Crippen molar-refractivity contribution in [3.8, 4) is 0 Å². The Morgan fingerprint density at radius 1 is 1.38 bits per heavy atom. The first kappa shape index (κ1) is 11.6. The van der Waals surface area contributed by atoms with Crippen molar-refractivity contribution >= 4 is 10.1 Å². The predicted octanol–water partition coefficient (Wildman–Crippen LogP) is 2.58. The molecule has 0 radical (unpaired) electrons. The van der Waals surface area contributed by atoms with Crippen LogP contribution in [0.1, 0.15) is 30.4 Å². The largest absolute Gasteiger partial charge is 0.294 e. The first-order valence-electron chi connectivity index (χ1n) is 5.54. The second-order valence-electron chi connectivity index (χ2n) is 4.57. The fraction of sp³-hybridized carbons (Fsp3) is 0.500. The zero-order chi connectivity index (χ0) is 11.8. The zero-order valence-corrected chi connectivity index (χ0v) is 10.1. The van der Waals surface area contributed by atoms with Crippen LogP contribution in [-0.4, -0.2) is 13.0 Å². The fourth-order valence-electron chi connectivity index (χ4n) is 1.92. The lowest BCUT2D eigenvalue weighted by molar-refractivity contribution is 0.481. The summed E-state index contributed by atoms with van der Waals surface area (Å²) in [6.07, 6.45) is 4.27. The molecular formula is C12H16O3S. The van der Waals surface area contributed by atoms with E-state index in [2.05, 4.69) is 0 Å². The Kier molecular flexibility index (Phi) is 3.04. The first-order chi connectivity index (χ1) is 7.47. The lowest BCUT2D eigenvalue weighted by atomic mass is 10.1. The molecule has 88 valence electrons. The summed E-state index contributed by atoms with van der Waals surface area (Å²) < 4.78 is 31.5. The highest BCUT2D eigenvalue weighted by atomic mass is 32.2. The maximum absolute atomic E-state index is 11.2. The Labute approximate surface area is 96.2 Å². The summed E-state index contributed by atoms with van der Waals surface area (Å²) in [4.78, 5) is 0.0683. The van der Waals surface area contributed by atoms with Crippen molar-refractivity contribution in [3.05, 3.63) is 29.3 Å². The van der Waals surface area contributed by atoms with Crippen molar-refractivity contribution in [2.24, 2.45) is 5.92 Å². The van der Waals surface area contributed by atoms with Crippen molar-refractivity contribution in [3.63, 3.8) is 0 Å². The van der Waals surface area contributed by atoms with Gasteiger partial charge >= 0.3 is 0 Å². The number of aryl methyl sites for hydroxylation is 2. The lowest BCUT2D eigenvalue weighted by Gasteiger charge is -2.07. The minimum atomic E-state index is -4.08. The summed E-state index contributed by atoms with van der Waals surface area (Å²) in [6.45, 7) is 1.92. The van der Waals surface area contributed by atoms with Gasteiger partial charge in [-0.2, -0.15) is 8.42 Å². The smallest absolute Gasteiger partial charge is 0.282 e. The highest BCUT2D eigenvalue weighted by Crippen LogP contribution is 2.34. The van der Waals surface area contributed by atoms with E-state index in [-0.39, 0.29) is 4.90 Å². The molecule has 0 heterocycles. The molecule has 1 aromatic rings. The van der Waals surface area contributed by atoms with E-state index in [1.54, 1.807) is 6.07 Å². The Bertz CT molecular complexity index is 487. The number of hydrogen-bond donors (Lipinski definition) is 1. The highest BCUT2D eigenvalue weighted by Gasteiger charge is 2.22. The molecule has 4 heteroatoms. The van der Waals surface area contributed by atoms with Gasteiger partial charge in [0.05, 0.1) is 4.90 Å². The van der Waals surface area contributed by atoms with E-state index < -0.39 is 10.1 Å². The molecule has 1 saturated carbocycles. The summed E-state index contributed by atoms with van der Waals surface area (Å²) in [5, 5.41) is 0. The van der Waals surface area contributed by atoms with Gasteiger partial charge in [0.1, 0.15) is 0 Å². The van der Waals surface area contributed by atoms with Gasteiger partial charge in [0, 0.05) is 0 Å². The van der Waals surface area contributed by atoms with Crippen LogP contribution >= 0.6 is 0 Å². The predicted molar refractivity (Wildman–Crippen MR) is 62.0 cm³/mol. The van der Waals surface area contributed by atoms with Crippen LogP contribution in [0.5, 0.6) is 0 Å². The SMILES string of the molecule is Cc1ccc(S(=O)(=O)O)c(CCC2CC2)c1. The molecule has 0 amide bonds. The molecule has 0 atom stereocenters. The average Bonchev–Trinajstić information content (AvgIpc) is 2.96. The van der Waals surface area contributed by atoms with E-state index in [4.69, 9.17) is 4.55 Å². The van der Waals surface area contributed by atoms with Gasteiger partial charge in [-0.25, -0.2) is 0 Å². The van der Waals surface area contributed by atoms with Gasteiger partial charge in [0.15, 0.2) is 0 Å². The highest BCUT2D eigenvalue weighted by molar-refractivity contribution is 7.85. The van der Waals surface area contributed by atoms with Crippen molar-refractivity contribution < 1.29 is 13.0 Å². The Morgan fingerprint density at radius 2 is 2.06 bits per heavy atom. The van der Waals surface area contributed by atoms with Gasteiger partial charge in [0.2, 0.25) is 0 Å². The van der Waals surface area contributed by atoms with E-state index >= 15 is 0 Å². The number of benzene rings is 1. The minimum absolute atomic E-state index is 0.0683. The van der Waals surface area contributed by atoms with Crippen LogP contribution in [-0.2, 0) is 16.5 Å². The van der Waals surface area contributed by atoms with Crippen LogP contribution in [0.4, 0.5) is 0 Å². The monoisotopic (exact) mass is 240 g/mol. The molecule has 2 rings (SSSR count). The third-order valence-electron chi connectivity index (χ3n) is 3.01. The van der Waals surface area contributed by atoms with Crippen LogP contribution in [0.15, 0.2) is 23.1 Å². The van der Waals surface area contributed by atoms with Crippen molar-refractivity contribution in [2.45, 2.75) is 37.5 Å². The fourth-order valence-corrected chi connectivity index (χ4v) is 2.65.